The minimum Gasteiger partial charge on any atom is -0.479 e. The zero-order chi connectivity index (χ0) is 11.0. The van der Waals surface area contributed by atoms with Crippen molar-refractivity contribution in [1.29, 1.82) is 0 Å². The molecule has 1 rings (SSSR count). The van der Waals surface area contributed by atoms with Crippen LogP contribution in [-0.2, 0) is 9.53 Å². The first-order chi connectivity index (χ1) is 6.32. The van der Waals surface area contributed by atoms with Crippen molar-refractivity contribution in [2.45, 2.75) is 51.7 Å². The van der Waals surface area contributed by atoms with Crippen LogP contribution in [0.1, 0.15) is 40.5 Å². The van der Waals surface area contributed by atoms with Crippen molar-refractivity contribution in [3.63, 3.8) is 0 Å². The van der Waals surface area contributed by atoms with Crippen molar-refractivity contribution in [3.05, 3.63) is 11.6 Å². The molecule has 2 atom stereocenters. The Labute approximate surface area is 84.8 Å². The van der Waals surface area contributed by atoms with Crippen molar-refractivity contribution < 1.29 is 14.6 Å². The Morgan fingerprint density at radius 2 is 2.00 bits per heavy atom. The molecule has 1 fully saturated rings. The summed E-state index contributed by atoms with van der Waals surface area (Å²) in [6.45, 7) is 7.57. The minimum atomic E-state index is -0.970. The monoisotopic (exact) mass is 198 g/mol. The number of hydrogen-bond acceptors (Lipinski definition) is 2. The average molecular weight is 198 g/mol. The number of epoxide rings is 1. The van der Waals surface area contributed by atoms with E-state index in [1.807, 2.05) is 20.8 Å². The quantitative estimate of drug-likeness (QED) is 0.557. The highest BCUT2D eigenvalue weighted by Gasteiger charge is 2.68. The van der Waals surface area contributed by atoms with E-state index in [2.05, 4.69) is 6.08 Å². The highest BCUT2D eigenvalue weighted by Crippen LogP contribution is 2.50. The number of hydrogen-bond donors (Lipinski definition) is 1. The first-order valence-corrected chi connectivity index (χ1v) is 4.89. The Hall–Kier alpha value is -0.830. The van der Waals surface area contributed by atoms with Crippen LogP contribution in [0.5, 0.6) is 0 Å². The molecule has 14 heavy (non-hydrogen) atoms. The molecular weight excluding hydrogens is 180 g/mol. The molecule has 3 nitrogen and oxygen atoms in total. The van der Waals surface area contributed by atoms with Gasteiger partial charge in [-0.1, -0.05) is 11.6 Å². The predicted molar refractivity (Wildman–Crippen MR) is 54.2 cm³/mol. The molecule has 0 radical (unpaired) electrons. The number of rotatable bonds is 4. The van der Waals surface area contributed by atoms with Crippen molar-refractivity contribution in [1.82, 2.24) is 0 Å². The van der Waals surface area contributed by atoms with Gasteiger partial charge in [0.15, 0.2) is 5.60 Å². The van der Waals surface area contributed by atoms with E-state index >= 15 is 0 Å². The van der Waals surface area contributed by atoms with Crippen molar-refractivity contribution in [3.8, 4) is 0 Å². The normalized spacial score (nSPS) is 35.1. The smallest absolute Gasteiger partial charge is 0.338 e. The maximum Gasteiger partial charge on any atom is 0.338 e. The Bertz CT molecular complexity index is 278. The molecule has 3 heteroatoms. The molecule has 1 aliphatic rings. The molecule has 2 unspecified atom stereocenters. The van der Waals surface area contributed by atoms with Crippen molar-refractivity contribution in [2.75, 3.05) is 0 Å². The number of carbonyl (C=O) groups is 1. The fraction of sp³-hybridized carbons (Fsp3) is 0.727. The van der Waals surface area contributed by atoms with Gasteiger partial charge in [0.2, 0.25) is 0 Å². The van der Waals surface area contributed by atoms with E-state index in [1.165, 1.54) is 5.57 Å². The summed E-state index contributed by atoms with van der Waals surface area (Å²) >= 11 is 0. The predicted octanol–water partition coefficient (Wildman–Crippen LogP) is 2.37. The molecule has 1 N–H and O–H groups in total. The summed E-state index contributed by atoms with van der Waals surface area (Å²) in [5.74, 6) is -0.864. The summed E-state index contributed by atoms with van der Waals surface area (Å²) in [5, 5.41) is 8.92. The van der Waals surface area contributed by atoms with E-state index in [9.17, 15) is 4.79 Å². The van der Waals surface area contributed by atoms with E-state index in [4.69, 9.17) is 9.84 Å². The van der Waals surface area contributed by atoms with Crippen LogP contribution in [0.15, 0.2) is 11.6 Å². The minimum absolute atomic E-state index is 0.481. The summed E-state index contributed by atoms with van der Waals surface area (Å²) in [7, 11) is 0. The lowest BCUT2D eigenvalue weighted by Gasteiger charge is -2.06. The lowest BCUT2D eigenvalue weighted by Crippen LogP contribution is -2.28. The SMILES string of the molecule is CC(C)=CCCC1(C)OC1(C)C(=O)O. The van der Waals surface area contributed by atoms with E-state index in [0.717, 1.165) is 12.8 Å². The third-order valence-electron chi connectivity index (χ3n) is 2.98. The molecule has 0 aromatic carbocycles. The van der Waals surface area contributed by atoms with Gasteiger partial charge in [-0.2, -0.15) is 0 Å². The second-order valence-electron chi connectivity index (χ2n) is 4.49. The van der Waals surface area contributed by atoms with Crippen molar-refractivity contribution >= 4 is 5.97 Å². The molecule has 0 aromatic rings. The first-order valence-electron chi connectivity index (χ1n) is 4.89. The van der Waals surface area contributed by atoms with Gasteiger partial charge in [-0.25, -0.2) is 4.79 Å². The van der Waals surface area contributed by atoms with Gasteiger partial charge in [0.25, 0.3) is 0 Å². The van der Waals surface area contributed by atoms with Crippen LogP contribution in [0.2, 0.25) is 0 Å². The fourth-order valence-corrected chi connectivity index (χ4v) is 1.62. The topological polar surface area (TPSA) is 49.8 Å². The Morgan fingerprint density at radius 1 is 1.43 bits per heavy atom. The number of aliphatic carboxylic acids is 1. The summed E-state index contributed by atoms with van der Waals surface area (Å²) < 4.78 is 5.31. The highest BCUT2D eigenvalue weighted by molar-refractivity contribution is 5.82. The highest BCUT2D eigenvalue weighted by atomic mass is 16.6. The van der Waals surface area contributed by atoms with Gasteiger partial charge < -0.3 is 9.84 Å². The summed E-state index contributed by atoms with van der Waals surface area (Å²) in [5.41, 5.74) is -0.195. The molecular formula is C11H18O3. The molecule has 1 saturated heterocycles. The van der Waals surface area contributed by atoms with E-state index in [0.29, 0.717) is 0 Å². The van der Waals surface area contributed by atoms with Crippen LogP contribution in [-0.4, -0.2) is 22.3 Å². The fourth-order valence-electron chi connectivity index (χ4n) is 1.62. The zero-order valence-corrected chi connectivity index (χ0v) is 9.26. The molecule has 0 aromatic heterocycles. The molecule has 0 saturated carbocycles. The van der Waals surface area contributed by atoms with E-state index in [-0.39, 0.29) is 0 Å². The maximum atomic E-state index is 10.9. The molecule has 0 amide bonds. The number of allylic oxidation sites excluding steroid dienone is 2. The Kier molecular flexibility index (Phi) is 2.72. The van der Waals surface area contributed by atoms with E-state index < -0.39 is 17.2 Å². The van der Waals surface area contributed by atoms with Crippen LogP contribution >= 0.6 is 0 Å². The van der Waals surface area contributed by atoms with Crippen LogP contribution < -0.4 is 0 Å². The van der Waals surface area contributed by atoms with Crippen molar-refractivity contribution in [2.24, 2.45) is 0 Å². The number of ether oxygens (including phenoxy) is 1. The molecule has 0 aliphatic carbocycles. The van der Waals surface area contributed by atoms with E-state index in [1.54, 1.807) is 6.92 Å². The molecule has 80 valence electrons. The second kappa shape index (κ2) is 3.39. The van der Waals surface area contributed by atoms with Gasteiger partial charge in [0, 0.05) is 0 Å². The van der Waals surface area contributed by atoms with Crippen LogP contribution in [0.25, 0.3) is 0 Å². The van der Waals surface area contributed by atoms with Crippen LogP contribution in [0, 0.1) is 0 Å². The van der Waals surface area contributed by atoms with Gasteiger partial charge in [-0.05, 0) is 40.5 Å². The zero-order valence-electron chi connectivity index (χ0n) is 9.26. The van der Waals surface area contributed by atoms with Gasteiger partial charge in [0.1, 0.15) is 5.60 Å². The lowest BCUT2D eigenvalue weighted by molar-refractivity contribution is -0.142. The van der Waals surface area contributed by atoms with Crippen LogP contribution in [0.4, 0.5) is 0 Å². The number of carboxylic acid groups (broad SMARTS) is 1. The third-order valence-corrected chi connectivity index (χ3v) is 2.98. The largest absolute Gasteiger partial charge is 0.479 e. The van der Waals surface area contributed by atoms with Gasteiger partial charge in [-0.15, -0.1) is 0 Å². The Balaban J connectivity index is 2.49. The number of carboxylic acids is 1. The molecule has 1 aliphatic heterocycles. The summed E-state index contributed by atoms with van der Waals surface area (Å²) in [6.07, 6.45) is 3.75. The average Bonchev–Trinajstić information content (AvgIpc) is 2.55. The second-order valence-corrected chi connectivity index (χ2v) is 4.49. The molecule has 0 spiro atoms. The first kappa shape index (κ1) is 11.2. The third kappa shape index (κ3) is 1.82. The maximum absolute atomic E-state index is 10.9. The van der Waals surface area contributed by atoms with Gasteiger partial charge in [-0.3, -0.25) is 0 Å². The Morgan fingerprint density at radius 3 is 2.36 bits per heavy atom. The van der Waals surface area contributed by atoms with Crippen LogP contribution in [0.3, 0.4) is 0 Å². The van der Waals surface area contributed by atoms with Gasteiger partial charge in [0.05, 0.1) is 0 Å². The molecule has 0 bridgehead atoms. The van der Waals surface area contributed by atoms with Gasteiger partial charge >= 0.3 is 5.97 Å². The standard InChI is InChI=1S/C11H18O3/c1-8(2)6-5-7-10(3)11(4,14-10)9(12)13/h6H,5,7H2,1-4H3,(H,12,13). The molecule has 1 heterocycles. The summed E-state index contributed by atoms with van der Waals surface area (Å²) in [6, 6.07) is 0. The summed E-state index contributed by atoms with van der Waals surface area (Å²) in [4.78, 5) is 10.9. The lowest BCUT2D eigenvalue weighted by atomic mass is 9.91.